The van der Waals surface area contributed by atoms with Gasteiger partial charge in [0.15, 0.2) is 0 Å². The highest BCUT2D eigenvalue weighted by atomic mass is 19.1. The third-order valence-electron chi connectivity index (χ3n) is 5.58. The molecule has 1 N–H and O–H groups in total. The number of halogens is 2. The summed E-state index contributed by atoms with van der Waals surface area (Å²) in [4.78, 5) is 0. The minimum absolute atomic E-state index is 0.294. The summed E-state index contributed by atoms with van der Waals surface area (Å²) in [6.07, 6.45) is 3.60. The molecule has 1 aliphatic rings. The molecule has 0 aliphatic carbocycles. The second-order valence-electron chi connectivity index (χ2n) is 7.34. The number of nitrogens with one attached hydrogen (secondary N) is 1. The second-order valence-corrected chi connectivity index (χ2v) is 7.34. The van der Waals surface area contributed by atoms with Crippen LogP contribution in [0.1, 0.15) is 24.5 Å². The quantitative estimate of drug-likeness (QED) is 0.573. The number of piperidine rings is 1. The zero-order valence-electron chi connectivity index (χ0n) is 15.4. The molecule has 4 aromatic rings. The van der Waals surface area contributed by atoms with Crippen LogP contribution in [-0.4, -0.2) is 33.1 Å². The van der Waals surface area contributed by atoms with E-state index in [-0.39, 0.29) is 0 Å². The predicted molar refractivity (Wildman–Crippen MR) is 104 cm³/mol. The smallest absolute Gasteiger partial charge is 0.133 e. The monoisotopic (exact) mass is 379 g/mol. The molecule has 28 heavy (non-hydrogen) atoms. The predicted octanol–water partition coefficient (Wildman–Crippen LogP) is 3.93. The van der Waals surface area contributed by atoms with Gasteiger partial charge in [-0.25, -0.2) is 8.78 Å². The van der Waals surface area contributed by atoms with E-state index < -0.39 is 11.6 Å². The van der Waals surface area contributed by atoms with Gasteiger partial charge in [0.2, 0.25) is 0 Å². The molecule has 7 heteroatoms. The number of hydrogen-bond acceptors (Lipinski definition) is 4. The lowest BCUT2D eigenvalue weighted by Gasteiger charge is -2.21. The van der Waals surface area contributed by atoms with Gasteiger partial charge in [-0.05, 0) is 55.8 Å². The molecular formula is C21H19F2N5. The average Bonchev–Trinajstić information content (AvgIpc) is 3.07. The largest absolute Gasteiger partial charge is 0.317 e. The molecule has 1 fully saturated rings. The number of aromatic nitrogens is 4. The minimum Gasteiger partial charge on any atom is -0.317 e. The summed E-state index contributed by atoms with van der Waals surface area (Å²) >= 11 is 0. The number of fused-ring (bicyclic) bond motifs is 2. The molecule has 0 amide bonds. The van der Waals surface area contributed by atoms with Crippen LogP contribution in [0.3, 0.4) is 0 Å². The molecule has 0 unspecified atom stereocenters. The molecule has 0 spiro atoms. The first-order valence-electron chi connectivity index (χ1n) is 9.39. The normalized spacial score (nSPS) is 15.5. The zero-order chi connectivity index (χ0) is 19.3. The third kappa shape index (κ3) is 2.82. The van der Waals surface area contributed by atoms with Crippen LogP contribution in [0.2, 0.25) is 0 Å². The van der Waals surface area contributed by atoms with Crippen molar-refractivity contribution in [1.29, 1.82) is 0 Å². The fourth-order valence-corrected chi connectivity index (χ4v) is 3.99. The summed E-state index contributed by atoms with van der Waals surface area (Å²) in [6.45, 7) is 1.86. The van der Waals surface area contributed by atoms with Gasteiger partial charge in [-0.3, -0.25) is 4.68 Å². The topological polar surface area (TPSA) is 55.6 Å². The molecule has 0 saturated carbocycles. The maximum atomic E-state index is 14.9. The van der Waals surface area contributed by atoms with Crippen molar-refractivity contribution in [3.05, 3.63) is 53.9 Å². The lowest BCUT2D eigenvalue weighted by atomic mass is 9.93. The van der Waals surface area contributed by atoms with Gasteiger partial charge in [-0.15, -0.1) is 0 Å². The van der Waals surface area contributed by atoms with E-state index in [2.05, 4.69) is 20.6 Å². The molecule has 0 bridgehead atoms. The van der Waals surface area contributed by atoms with Crippen molar-refractivity contribution < 1.29 is 8.78 Å². The Hall–Kier alpha value is -2.93. The molecule has 2 aromatic carbocycles. The first-order valence-corrected chi connectivity index (χ1v) is 9.39. The Kier molecular flexibility index (Phi) is 4.05. The Bertz CT molecular complexity index is 1190. The molecule has 5 rings (SSSR count). The second kappa shape index (κ2) is 6.60. The van der Waals surface area contributed by atoms with Crippen LogP contribution in [0.4, 0.5) is 8.78 Å². The molecule has 0 radical (unpaired) electrons. The molecule has 0 atom stereocenters. The van der Waals surface area contributed by atoms with Crippen molar-refractivity contribution in [2.24, 2.45) is 7.05 Å². The van der Waals surface area contributed by atoms with E-state index in [1.54, 1.807) is 36.1 Å². The maximum Gasteiger partial charge on any atom is 0.133 e. The van der Waals surface area contributed by atoms with Gasteiger partial charge >= 0.3 is 0 Å². The fourth-order valence-electron chi connectivity index (χ4n) is 3.99. The van der Waals surface area contributed by atoms with Gasteiger partial charge in [0, 0.05) is 35.4 Å². The standard InChI is InChI=1S/C21H19F2N5/c1-28-21-10-18(23)15(6-14(21)11-25-28)13-7-17(22)16-9-19(26-27-20(16)8-13)12-2-4-24-5-3-12/h6-12,24H,2-5H2,1H3. The highest BCUT2D eigenvalue weighted by molar-refractivity contribution is 5.89. The Labute approximate surface area is 160 Å². The van der Waals surface area contributed by atoms with Crippen LogP contribution >= 0.6 is 0 Å². The van der Waals surface area contributed by atoms with E-state index in [0.717, 1.165) is 37.0 Å². The van der Waals surface area contributed by atoms with Gasteiger partial charge < -0.3 is 5.32 Å². The Morgan fingerprint density at radius 3 is 2.64 bits per heavy atom. The van der Waals surface area contributed by atoms with Crippen LogP contribution in [-0.2, 0) is 7.05 Å². The summed E-state index contributed by atoms with van der Waals surface area (Å²) in [5, 5.41) is 17.3. The van der Waals surface area contributed by atoms with Gasteiger partial charge in [-0.2, -0.15) is 15.3 Å². The average molecular weight is 379 g/mol. The number of benzene rings is 2. The van der Waals surface area contributed by atoms with Gasteiger partial charge in [0.05, 0.1) is 22.9 Å². The zero-order valence-corrected chi connectivity index (χ0v) is 15.4. The fraction of sp³-hybridized carbons (Fsp3) is 0.286. The molecule has 1 aliphatic heterocycles. The molecule has 2 aromatic heterocycles. The van der Waals surface area contributed by atoms with Crippen LogP contribution in [0.15, 0.2) is 36.5 Å². The lowest BCUT2D eigenvalue weighted by molar-refractivity contribution is 0.451. The van der Waals surface area contributed by atoms with E-state index >= 15 is 0 Å². The van der Waals surface area contributed by atoms with Crippen molar-refractivity contribution >= 4 is 21.8 Å². The van der Waals surface area contributed by atoms with Crippen molar-refractivity contribution in [2.75, 3.05) is 13.1 Å². The summed E-state index contributed by atoms with van der Waals surface area (Å²) in [7, 11) is 1.76. The maximum absolute atomic E-state index is 14.9. The van der Waals surface area contributed by atoms with Gasteiger partial charge in [0.1, 0.15) is 11.6 Å². The van der Waals surface area contributed by atoms with Crippen LogP contribution < -0.4 is 5.32 Å². The highest BCUT2D eigenvalue weighted by Gasteiger charge is 2.19. The van der Waals surface area contributed by atoms with Crippen LogP contribution in [0, 0.1) is 11.6 Å². The minimum atomic E-state index is -0.422. The van der Waals surface area contributed by atoms with Crippen LogP contribution in [0.25, 0.3) is 32.9 Å². The van der Waals surface area contributed by atoms with Crippen molar-refractivity contribution in [2.45, 2.75) is 18.8 Å². The molecule has 142 valence electrons. The summed E-state index contributed by atoms with van der Waals surface area (Å²) in [5.41, 5.74) is 2.71. The van der Waals surface area contributed by atoms with Crippen molar-refractivity contribution in [3.8, 4) is 11.1 Å². The first kappa shape index (κ1) is 17.2. The summed E-state index contributed by atoms with van der Waals surface area (Å²) in [6, 6.07) is 7.97. The molecule has 3 heterocycles. The van der Waals surface area contributed by atoms with E-state index in [1.165, 1.54) is 12.1 Å². The van der Waals surface area contributed by atoms with Crippen molar-refractivity contribution in [1.82, 2.24) is 25.3 Å². The highest BCUT2D eigenvalue weighted by Crippen LogP contribution is 2.32. The van der Waals surface area contributed by atoms with Gasteiger partial charge in [-0.1, -0.05) is 0 Å². The van der Waals surface area contributed by atoms with Crippen LogP contribution in [0.5, 0.6) is 0 Å². The summed E-state index contributed by atoms with van der Waals surface area (Å²) < 4.78 is 31.2. The molecule has 1 saturated heterocycles. The lowest BCUT2D eigenvalue weighted by Crippen LogP contribution is -2.27. The SMILES string of the molecule is Cn1ncc2cc(-c3cc(F)c4cc(C5CCNCC5)nnc4c3)c(F)cc21. The number of nitrogens with zero attached hydrogens (tertiary/aromatic N) is 4. The third-order valence-corrected chi connectivity index (χ3v) is 5.58. The number of aryl methyl sites for hydroxylation is 1. The molecule has 5 nitrogen and oxygen atoms in total. The summed E-state index contributed by atoms with van der Waals surface area (Å²) in [5.74, 6) is -0.542. The Morgan fingerprint density at radius 1 is 1.00 bits per heavy atom. The molecular weight excluding hydrogens is 360 g/mol. The van der Waals surface area contributed by atoms with E-state index in [0.29, 0.717) is 33.5 Å². The number of hydrogen-bond donors (Lipinski definition) is 1. The van der Waals surface area contributed by atoms with Crippen molar-refractivity contribution in [3.63, 3.8) is 0 Å². The van der Waals surface area contributed by atoms with E-state index in [1.807, 2.05) is 0 Å². The van der Waals surface area contributed by atoms with Gasteiger partial charge in [0.25, 0.3) is 0 Å². The van der Waals surface area contributed by atoms with E-state index in [4.69, 9.17) is 0 Å². The Balaban J connectivity index is 1.60. The van der Waals surface area contributed by atoms with E-state index in [9.17, 15) is 8.78 Å². The Morgan fingerprint density at radius 2 is 1.82 bits per heavy atom. The number of rotatable bonds is 2. The first-order chi connectivity index (χ1) is 13.6.